The number of hydrogen-bond acceptors (Lipinski definition) is 4. The lowest BCUT2D eigenvalue weighted by molar-refractivity contribution is 0.791. The zero-order valence-electron chi connectivity index (χ0n) is 14.1. The van der Waals surface area contributed by atoms with Gasteiger partial charge in [-0.05, 0) is 31.5 Å². The maximum atomic E-state index is 8.92. The summed E-state index contributed by atoms with van der Waals surface area (Å²) in [5.74, 6) is 0.748. The summed E-state index contributed by atoms with van der Waals surface area (Å²) in [4.78, 5) is 10.0. The summed E-state index contributed by atoms with van der Waals surface area (Å²) in [5, 5.41) is 16.6. The third-order valence-electron chi connectivity index (χ3n) is 3.44. The maximum Gasteiger partial charge on any atom is 0.191 e. The molecule has 0 saturated heterocycles. The number of aliphatic imine (C=N–C) groups is 1. The first-order valence-electron chi connectivity index (χ1n) is 7.49. The van der Waals surface area contributed by atoms with Gasteiger partial charge >= 0.3 is 0 Å². The SMILES string of the molecule is CN=C(NCCc1nc(C)c(C)s1)NCc1cccc(C#N)c1.I. The molecule has 0 amide bonds. The van der Waals surface area contributed by atoms with Crippen molar-refractivity contribution in [1.29, 1.82) is 5.26 Å². The number of guanidine groups is 1. The molecule has 0 fully saturated rings. The normalized spacial score (nSPS) is 10.7. The number of aryl methyl sites for hydroxylation is 2. The largest absolute Gasteiger partial charge is 0.356 e. The van der Waals surface area contributed by atoms with Crippen LogP contribution in [0.25, 0.3) is 0 Å². The van der Waals surface area contributed by atoms with Crippen molar-refractivity contribution in [2.24, 2.45) is 4.99 Å². The Hall–Kier alpha value is -1.66. The van der Waals surface area contributed by atoms with Gasteiger partial charge < -0.3 is 10.6 Å². The van der Waals surface area contributed by atoms with Gasteiger partial charge in [-0.3, -0.25) is 4.99 Å². The van der Waals surface area contributed by atoms with Crippen LogP contribution in [-0.4, -0.2) is 24.5 Å². The molecular weight excluding hydrogens is 433 g/mol. The van der Waals surface area contributed by atoms with Crippen LogP contribution < -0.4 is 10.6 Å². The van der Waals surface area contributed by atoms with Crippen LogP contribution in [0.4, 0.5) is 0 Å². The Labute approximate surface area is 164 Å². The summed E-state index contributed by atoms with van der Waals surface area (Å²) in [6.07, 6.45) is 0.879. The highest BCUT2D eigenvalue weighted by molar-refractivity contribution is 14.0. The molecule has 0 atom stereocenters. The molecular formula is C17H22IN5S. The van der Waals surface area contributed by atoms with Crippen molar-refractivity contribution in [2.45, 2.75) is 26.8 Å². The fourth-order valence-electron chi connectivity index (χ4n) is 2.09. The third kappa shape index (κ3) is 6.09. The fraction of sp³-hybridized carbons (Fsp3) is 0.353. The van der Waals surface area contributed by atoms with Gasteiger partial charge in [0.05, 0.1) is 22.3 Å². The number of nitrogens with zero attached hydrogens (tertiary/aromatic N) is 3. The first kappa shape index (κ1) is 20.4. The molecule has 0 spiro atoms. The molecule has 2 N–H and O–H groups in total. The first-order valence-corrected chi connectivity index (χ1v) is 8.30. The van der Waals surface area contributed by atoms with Crippen LogP contribution in [0.3, 0.4) is 0 Å². The molecule has 0 unspecified atom stereocenters. The lowest BCUT2D eigenvalue weighted by Gasteiger charge is -2.11. The lowest BCUT2D eigenvalue weighted by atomic mass is 10.1. The summed E-state index contributed by atoms with van der Waals surface area (Å²) < 4.78 is 0. The molecule has 128 valence electrons. The zero-order valence-corrected chi connectivity index (χ0v) is 17.2. The standard InChI is InChI=1S/C17H21N5S.HI/c1-12-13(2)23-16(22-12)7-8-20-17(19-3)21-11-15-6-4-5-14(9-15)10-18;/h4-6,9H,7-8,11H2,1-3H3,(H2,19,20,21);1H. The van der Waals surface area contributed by atoms with E-state index in [1.807, 2.05) is 25.1 Å². The van der Waals surface area contributed by atoms with Crippen LogP contribution in [0.1, 0.15) is 26.7 Å². The van der Waals surface area contributed by atoms with E-state index in [1.165, 1.54) is 4.88 Å². The van der Waals surface area contributed by atoms with Gasteiger partial charge in [0.15, 0.2) is 5.96 Å². The van der Waals surface area contributed by atoms with Crippen LogP contribution in [-0.2, 0) is 13.0 Å². The molecule has 0 bridgehead atoms. The molecule has 0 aliphatic rings. The molecule has 2 rings (SSSR count). The highest BCUT2D eigenvalue weighted by atomic mass is 127. The number of nitrogens with one attached hydrogen (secondary N) is 2. The summed E-state index contributed by atoms with van der Waals surface area (Å²) in [5.41, 5.74) is 2.84. The van der Waals surface area contributed by atoms with Gasteiger partial charge in [0.25, 0.3) is 0 Å². The Morgan fingerprint density at radius 1 is 1.33 bits per heavy atom. The minimum absolute atomic E-state index is 0. The van der Waals surface area contributed by atoms with E-state index in [9.17, 15) is 0 Å². The number of halogens is 1. The Morgan fingerprint density at radius 3 is 2.75 bits per heavy atom. The van der Waals surface area contributed by atoms with Gasteiger partial charge in [0.1, 0.15) is 0 Å². The van der Waals surface area contributed by atoms with Gasteiger partial charge in [-0.1, -0.05) is 12.1 Å². The van der Waals surface area contributed by atoms with Crippen molar-refractivity contribution >= 4 is 41.3 Å². The van der Waals surface area contributed by atoms with E-state index in [-0.39, 0.29) is 24.0 Å². The highest BCUT2D eigenvalue weighted by Gasteiger charge is 2.04. The van der Waals surface area contributed by atoms with E-state index in [1.54, 1.807) is 24.5 Å². The molecule has 2 aromatic rings. The molecule has 1 aromatic carbocycles. The molecule has 1 aromatic heterocycles. The monoisotopic (exact) mass is 455 g/mol. The number of nitriles is 1. The quantitative estimate of drug-likeness (QED) is 0.413. The average Bonchev–Trinajstić information content (AvgIpc) is 2.89. The number of benzene rings is 1. The van der Waals surface area contributed by atoms with Gasteiger partial charge in [-0.15, -0.1) is 35.3 Å². The smallest absolute Gasteiger partial charge is 0.191 e. The van der Waals surface area contributed by atoms with E-state index >= 15 is 0 Å². The fourth-order valence-corrected chi connectivity index (χ4v) is 3.02. The maximum absolute atomic E-state index is 8.92. The van der Waals surface area contributed by atoms with Crippen LogP contribution in [0, 0.1) is 25.2 Å². The Bertz CT molecular complexity index is 713. The van der Waals surface area contributed by atoms with Crippen molar-refractivity contribution in [3.8, 4) is 6.07 Å². The van der Waals surface area contributed by atoms with Crippen molar-refractivity contribution in [3.63, 3.8) is 0 Å². The summed E-state index contributed by atoms with van der Waals surface area (Å²) in [6.45, 7) is 5.55. The molecule has 0 saturated carbocycles. The first-order chi connectivity index (χ1) is 11.1. The van der Waals surface area contributed by atoms with E-state index in [2.05, 4.69) is 33.6 Å². The molecule has 5 nitrogen and oxygen atoms in total. The lowest BCUT2D eigenvalue weighted by Crippen LogP contribution is -2.37. The Balaban J connectivity index is 0.00000288. The molecule has 0 radical (unpaired) electrons. The second-order valence-corrected chi connectivity index (χ2v) is 6.45. The molecule has 0 aliphatic carbocycles. The number of rotatable bonds is 5. The van der Waals surface area contributed by atoms with Gasteiger partial charge in [0.2, 0.25) is 0 Å². The number of hydrogen-bond donors (Lipinski definition) is 2. The summed E-state index contributed by atoms with van der Waals surface area (Å²) >= 11 is 1.75. The van der Waals surface area contributed by atoms with Crippen LogP contribution in [0.5, 0.6) is 0 Å². The predicted octanol–water partition coefficient (Wildman–Crippen LogP) is 3.16. The summed E-state index contributed by atoms with van der Waals surface area (Å²) in [6, 6.07) is 9.70. The van der Waals surface area contributed by atoms with Crippen molar-refractivity contribution in [3.05, 3.63) is 51.0 Å². The van der Waals surface area contributed by atoms with E-state index < -0.39 is 0 Å². The van der Waals surface area contributed by atoms with E-state index in [4.69, 9.17) is 5.26 Å². The third-order valence-corrected chi connectivity index (χ3v) is 4.58. The molecule has 7 heteroatoms. The summed E-state index contributed by atoms with van der Waals surface area (Å²) in [7, 11) is 1.75. The second-order valence-electron chi connectivity index (χ2n) is 5.16. The number of thiazole rings is 1. The van der Waals surface area contributed by atoms with E-state index in [0.717, 1.165) is 35.2 Å². The average molecular weight is 455 g/mol. The van der Waals surface area contributed by atoms with Crippen LogP contribution in [0.2, 0.25) is 0 Å². The molecule has 24 heavy (non-hydrogen) atoms. The van der Waals surface area contributed by atoms with Gasteiger partial charge in [0, 0.05) is 31.4 Å². The minimum atomic E-state index is 0. The molecule has 1 heterocycles. The minimum Gasteiger partial charge on any atom is -0.356 e. The van der Waals surface area contributed by atoms with E-state index in [0.29, 0.717) is 12.1 Å². The van der Waals surface area contributed by atoms with Crippen molar-refractivity contribution in [1.82, 2.24) is 15.6 Å². The topological polar surface area (TPSA) is 73.1 Å². The zero-order chi connectivity index (χ0) is 16.7. The van der Waals surface area contributed by atoms with Crippen LogP contribution >= 0.6 is 35.3 Å². The highest BCUT2D eigenvalue weighted by Crippen LogP contribution is 2.16. The van der Waals surface area contributed by atoms with Crippen molar-refractivity contribution < 1.29 is 0 Å². The van der Waals surface area contributed by atoms with Crippen molar-refractivity contribution in [2.75, 3.05) is 13.6 Å². The predicted molar refractivity (Wildman–Crippen MR) is 110 cm³/mol. The van der Waals surface area contributed by atoms with Gasteiger partial charge in [-0.25, -0.2) is 4.98 Å². The second kappa shape index (κ2) is 10.3. The Kier molecular flexibility index (Phi) is 8.71. The number of aromatic nitrogens is 1. The molecule has 0 aliphatic heterocycles. The van der Waals surface area contributed by atoms with Crippen LogP contribution in [0.15, 0.2) is 29.3 Å². The van der Waals surface area contributed by atoms with Gasteiger partial charge in [-0.2, -0.15) is 5.26 Å². The Morgan fingerprint density at radius 2 is 2.12 bits per heavy atom.